The molecule has 1 unspecified atom stereocenters. The zero-order valence-electron chi connectivity index (χ0n) is 13.2. The lowest BCUT2D eigenvalue weighted by Gasteiger charge is -2.20. The Kier molecular flexibility index (Phi) is 5.43. The van der Waals surface area contributed by atoms with E-state index in [-0.39, 0.29) is 0 Å². The van der Waals surface area contributed by atoms with Crippen molar-refractivity contribution in [3.8, 4) is 0 Å². The fourth-order valence-electron chi connectivity index (χ4n) is 2.61. The van der Waals surface area contributed by atoms with Gasteiger partial charge in [0.2, 0.25) is 10.0 Å². The van der Waals surface area contributed by atoms with Gasteiger partial charge in [0.05, 0.1) is 4.90 Å². The molecule has 0 radical (unpaired) electrons. The van der Waals surface area contributed by atoms with Crippen molar-refractivity contribution in [3.05, 3.63) is 15.8 Å². The third kappa shape index (κ3) is 3.65. The molecule has 0 aliphatic carbocycles. The van der Waals surface area contributed by atoms with Crippen LogP contribution in [0, 0.1) is 6.92 Å². The van der Waals surface area contributed by atoms with Crippen LogP contribution in [0.3, 0.4) is 0 Å². The van der Waals surface area contributed by atoms with Gasteiger partial charge in [0.25, 0.3) is 0 Å². The summed E-state index contributed by atoms with van der Waals surface area (Å²) in [6.07, 6.45) is 0.902. The molecule has 1 aliphatic heterocycles. The Hall–Kier alpha value is -0.470. The van der Waals surface area contributed by atoms with Gasteiger partial charge in [-0.25, -0.2) is 8.42 Å². The molecule has 1 N–H and O–H groups in total. The molecule has 5 nitrogen and oxygen atoms in total. The van der Waals surface area contributed by atoms with Crippen molar-refractivity contribution < 1.29 is 8.42 Å². The molecule has 2 rings (SSSR count). The summed E-state index contributed by atoms with van der Waals surface area (Å²) in [6, 6.07) is 2.15. The van der Waals surface area contributed by atoms with Gasteiger partial charge in [-0.05, 0) is 40.1 Å². The Balaban J connectivity index is 2.18. The van der Waals surface area contributed by atoms with Gasteiger partial charge in [-0.2, -0.15) is 4.31 Å². The summed E-state index contributed by atoms with van der Waals surface area (Å²) in [6.45, 7) is 6.76. The molecular weight excluding hydrogens is 306 g/mol. The van der Waals surface area contributed by atoms with Crippen LogP contribution >= 0.6 is 11.3 Å². The van der Waals surface area contributed by atoms with Crippen LogP contribution in [-0.2, 0) is 16.6 Å². The SMILES string of the molecule is CCNCc1cc(S(=O)(=O)N2CCC(N(C)C)C2)c(C)s1. The number of nitrogens with zero attached hydrogens (tertiary/aromatic N) is 2. The van der Waals surface area contributed by atoms with Crippen LogP contribution in [0.4, 0.5) is 0 Å². The van der Waals surface area contributed by atoms with Gasteiger partial charge in [-0.1, -0.05) is 6.92 Å². The van der Waals surface area contributed by atoms with E-state index in [2.05, 4.69) is 10.2 Å². The lowest BCUT2D eigenvalue weighted by atomic mass is 10.2. The maximum Gasteiger partial charge on any atom is 0.244 e. The second kappa shape index (κ2) is 6.75. The van der Waals surface area contributed by atoms with E-state index >= 15 is 0 Å². The summed E-state index contributed by atoms with van der Waals surface area (Å²) >= 11 is 1.57. The fraction of sp³-hybridized carbons (Fsp3) is 0.714. The zero-order chi connectivity index (χ0) is 15.6. The highest BCUT2D eigenvalue weighted by Crippen LogP contribution is 2.30. The second-order valence-corrected chi connectivity index (χ2v) is 8.93. The van der Waals surface area contributed by atoms with Crippen LogP contribution < -0.4 is 5.32 Å². The molecule has 0 spiro atoms. The Morgan fingerprint density at radius 1 is 1.48 bits per heavy atom. The number of sulfonamides is 1. The van der Waals surface area contributed by atoms with Gasteiger partial charge in [-0.3, -0.25) is 0 Å². The van der Waals surface area contributed by atoms with Crippen molar-refractivity contribution >= 4 is 21.4 Å². The van der Waals surface area contributed by atoms with Crippen LogP contribution in [0.2, 0.25) is 0 Å². The van der Waals surface area contributed by atoms with E-state index in [1.165, 1.54) is 0 Å². The largest absolute Gasteiger partial charge is 0.312 e. The van der Waals surface area contributed by atoms with Gasteiger partial charge in [0.1, 0.15) is 0 Å². The van der Waals surface area contributed by atoms with Crippen molar-refractivity contribution in [2.24, 2.45) is 0 Å². The number of likely N-dealkylation sites (N-methyl/N-ethyl adjacent to an activating group) is 1. The van der Waals surface area contributed by atoms with Crippen LogP contribution in [0.1, 0.15) is 23.1 Å². The molecule has 1 aromatic rings. The van der Waals surface area contributed by atoms with Gasteiger partial charge in [-0.15, -0.1) is 11.3 Å². The molecule has 21 heavy (non-hydrogen) atoms. The van der Waals surface area contributed by atoms with Crippen LogP contribution in [0.5, 0.6) is 0 Å². The fourth-order valence-corrected chi connectivity index (χ4v) is 5.67. The first-order valence-electron chi connectivity index (χ1n) is 7.32. The summed E-state index contributed by atoms with van der Waals surface area (Å²) in [7, 11) is 0.660. The number of nitrogens with one attached hydrogen (secondary N) is 1. The van der Waals surface area contributed by atoms with E-state index in [4.69, 9.17) is 0 Å². The number of aryl methyl sites for hydroxylation is 1. The molecule has 2 heterocycles. The van der Waals surface area contributed by atoms with Crippen molar-refractivity contribution in [1.29, 1.82) is 0 Å². The first kappa shape index (κ1) is 16.9. The van der Waals surface area contributed by atoms with Crippen molar-refractivity contribution in [1.82, 2.24) is 14.5 Å². The smallest absolute Gasteiger partial charge is 0.244 e. The van der Waals surface area contributed by atoms with E-state index in [0.717, 1.165) is 29.3 Å². The second-order valence-electron chi connectivity index (χ2n) is 5.68. The normalized spacial score (nSPS) is 20.5. The maximum atomic E-state index is 12.8. The van der Waals surface area contributed by atoms with Crippen LogP contribution in [-0.4, -0.2) is 57.4 Å². The van der Waals surface area contributed by atoms with Crippen molar-refractivity contribution in [3.63, 3.8) is 0 Å². The Morgan fingerprint density at radius 3 is 2.76 bits per heavy atom. The van der Waals surface area contributed by atoms with Crippen LogP contribution in [0.25, 0.3) is 0 Å². The predicted molar refractivity (Wildman–Crippen MR) is 87.3 cm³/mol. The minimum atomic E-state index is -3.35. The third-order valence-electron chi connectivity index (χ3n) is 3.95. The average molecular weight is 332 g/mol. The van der Waals surface area contributed by atoms with Crippen LogP contribution in [0.15, 0.2) is 11.0 Å². The highest BCUT2D eigenvalue weighted by molar-refractivity contribution is 7.89. The Bertz CT molecular complexity index is 581. The number of rotatable bonds is 6. The Morgan fingerprint density at radius 2 is 2.19 bits per heavy atom. The monoisotopic (exact) mass is 331 g/mol. The van der Waals surface area contributed by atoms with E-state index in [9.17, 15) is 8.42 Å². The molecule has 0 bridgehead atoms. The summed E-state index contributed by atoms with van der Waals surface area (Å²) in [5, 5.41) is 3.24. The van der Waals surface area contributed by atoms with Gasteiger partial charge in [0.15, 0.2) is 0 Å². The summed E-state index contributed by atoms with van der Waals surface area (Å²) < 4.78 is 27.2. The molecule has 1 atom stereocenters. The lowest BCUT2D eigenvalue weighted by Crippen LogP contribution is -2.34. The number of thiophene rings is 1. The van der Waals surface area contributed by atoms with Gasteiger partial charge < -0.3 is 10.2 Å². The van der Waals surface area contributed by atoms with Crippen molar-refractivity contribution in [2.45, 2.75) is 37.8 Å². The summed E-state index contributed by atoms with van der Waals surface area (Å²) in [4.78, 5) is 4.55. The lowest BCUT2D eigenvalue weighted by molar-refractivity contribution is 0.302. The Labute approximate surface area is 132 Å². The summed E-state index contributed by atoms with van der Waals surface area (Å²) in [5.41, 5.74) is 0. The molecule has 1 saturated heterocycles. The topological polar surface area (TPSA) is 52.7 Å². The highest BCUT2D eigenvalue weighted by Gasteiger charge is 2.34. The van der Waals surface area contributed by atoms with E-state index < -0.39 is 10.0 Å². The van der Waals surface area contributed by atoms with E-state index in [1.807, 2.05) is 34.0 Å². The average Bonchev–Trinajstić information content (AvgIpc) is 3.03. The predicted octanol–water partition coefficient (Wildman–Crippen LogP) is 1.49. The molecular formula is C14H25N3O2S2. The minimum Gasteiger partial charge on any atom is -0.312 e. The number of hydrogen-bond acceptors (Lipinski definition) is 5. The first-order chi connectivity index (χ1) is 9.86. The molecule has 1 fully saturated rings. The van der Waals surface area contributed by atoms with Crippen molar-refractivity contribution in [2.75, 3.05) is 33.7 Å². The summed E-state index contributed by atoms with van der Waals surface area (Å²) in [5.74, 6) is 0. The maximum absolute atomic E-state index is 12.8. The highest BCUT2D eigenvalue weighted by atomic mass is 32.2. The van der Waals surface area contributed by atoms with E-state index in [0.29, 0.717) is 24.0 Å². The quantitative estimate of drug-likeness (QED) is 0.858. The number of hydrogen-bond donors (Lipinski definition) is 1. The molecule has 0 amide bonds. The van der Waals surface area contributed by atoms with E-state index in [1.54, 1.807) is 15.6 Å². The molecule has 7 heteroatoms. The third-order valence-corrected chi connectivity index (χ3v) is 7.12. The first-order valence-corrected chi connectivity index (χ1v) is 9.58. The van der Waals surface area contributed by atoms with Gasteiger partial charge >= 0.3 is 0 Å². The van der Waals surface area contributed by atoms with Gasteiger partial charge in [0, 0.05) is 35.4 Å². The molecule has 0 saturated carbocycles. The molecule has 1 aliphatic rings. The molecule has 120 valence electrons. The zero-order valence-corrected chi connectivity index (χ0v) is 14.9. The molecule has 0 aromatic carbocycles. The molecule has 1 aromatic heterocycles. The minimum absolute atomic E-state index is 0.319. The standard InChI is InChI=1S/C14H25N3O2S2/c1-5-15-9-13-8-14(11(2)20-13)21(18,19)17-7-6-12(10-17)16(3)4/h8,12,15H,5-7,9-10H2,1-4H3.